The highest BCUT2D eigenvalue weighted by Gasteiger charge is 2.25. The number of hydrogen-bond donors (Lipinski definition) is 3. The van der Waals surface area contributed by atoms with Crippen LogP contribution in [0.1, 0.15) is 24.9 Å². The van der Waals surface area contributed by atoms with Crippen molar-refractivity contribution in [1.29, 1.82) is 0 Å². The molecule has 1 aromatic carbocycles. The Kier molecular flexibility index (Phi) is 7.70. The second-order valence-corrected chi connectivity index (χ2v) is 10.5. The maximum Gasteiger partial charge on any atom is 0.325 e. The summed E-state index contributed by atoms with van der Waals surface area (Å²) in [6, 6.07) is 8.02. The van der Waals surface area contributed by atoms with Crippen molar-refractivity contribution in [2.24, 2.45) is 0 Å². The smallest absolute Gasteiger partial charge is 0.325 e. The maximum atomic E-state index is 14.8. The number of carbonyl (C=O) groups is 1. The highest BCUT2D eigenvalue weighted by atomic mass is 32.1. The number of amides is 2. The van der Waals surface area contributed by atoms with Gasteiger partial charge >= 0.3 is 6.03 Å². The van der Waals surface area contributed by atoms with Crippen LogP contribution in [-0.2, 0) is 6.42 Å². The highest BCUT2D eigenvalue weighted by molar-refractivity contribution is 7.18. The van der Waals surface area contributed by atoms with E-state index >= 15 is 0 Å². The first-order valence-corrected chi connectivity index (χ1v) is 13.4. The third kappa shape index (κ3) is 6.32. The van der Waals surface area contributed by atoms with Crippen LogP contribution in [0.3, 0.4) is 0 Å². The topological polar surface area (TPSA) is 124 Å². The second kappa shape index (κ2) is 11.3. The van der Waals surface area contributed by atoms with Gasteiger partial charge in [-0.25, -0.2) is 24.1 Å². The molecule has 1 aliphatic rings. The SMILES string of the molecule is CCc1cc(NC(=O)Nc2ccc(-c3cnc(Nc4cc(N5CCC(N(C)C)C5)nc(C)n4)s3)cc2F)no1. The van der Waals surface area contributed by atoms with Gasteiger partial charge in [-0.15, -0.1) is 0 Å². The van der Waals surface area contributed by atoms with Crippen LogP contribution in [0.2, 0.25) is 0 Å². The first-order chi connectivity index (χ1) is 18.8. The number of aromatic nitrogens is 4. The lowest BCUT2D eigenvalue weighted by atomic mass is 10.2. The van der Waals surface area contributed by atoms with Crippen LogP contribution in [0.15, 0.2) is 41.1 Å². The summed E-state index contributed by atoms with van der Waals surface area (Å²) >= 11 is 1.38. The molecular weight excluding hydrogens is 521 g/mol. The summed E-state index contributed by atoms with van der Waals surface area (Å²) in [6.45, 7) is 5.64. The lowest BCUT2D eigenvalue weighted by molar-refractivity contribution is 0.261. The van der Waals surface area contributed by atoms with Crippen LogP contribution >= 0.6 is 11.3 Å². The van der Waals surface area contributed by atoms with Crippen LogP contribution in [0.25, 0.3) is 10.4 Å². The number of likely N-dealkylation sites (N-methyl/N-ethyl adjacent to an activating group) is 1. The molecule has 0 aliphatic carbocycles. The molecule has 11 nitrogen and oxygen atoms in total. The molecule has 4 aromatic rings. The molecule has 0 bridgehead atoms. The molecule has 0 radical (unpaired) electrons. The summed E-state index contributed by atoms with van der Waals surface area (Å²) in [5.41, 5.74) is 0.681. The molecule has 5 rings (SSSR count). The second-order valence-electron chi connectivity index (χ2n) is 9.47. The minimum absolute atomic E-state index is 0.0423. The molecule has 204 valence electrons. The molecule has 1 unspecified atom stereocenters. The van der Waals surface area contributed by atoms with Gasteiger partial charge in [0.05, 0.1) is 10.6 Å². The zero-order chi connectivity index (χ0) is 27.5. The van der Waals surface area contributed by atoms with E-state index in [1.807, 2.05) is 19.9 Å². The van der Waals surface area contributed by atoms with E-state index in [1.165, 1.54) is 23.5 Å². The molecule has 0 saturated carbocycles. The van der Waals surface area contributed by atoms with Crippen LogP contribution in [0.4, 0.5) is 37.5 Å². The quantitative estimate of drug-likeness (QED) is 0.273. The van der Waals surface area contributed by atoms with Crippen LogP contribution in [-0.4, -0.2) is 64.3 Å². The maximum absolute atomic E-state index is 14.8. The van der Waals surface area contributed by atoms with Crippen molar-refractivity contribution in [3.05, 3.63) is 53.9 Å². The molecule has 0 spiro atoms. The van der Waals surface area contributed by atoms with Gasteiger partial charge in [0.2, 0.25) is 0 Å². The normalized spacial score (nSPS) is 15.1. The van der Waals surface area contributed by atoms with Gasteiger partial charge < -0.3 is 25.0 Å². The molecule has 1 atom stereocenters. The Morgan fingerprint density at radius 2 is 2.05 bits per heavy atom. The van der Waals surface area contributed by atoms with Gasteiger partial charge in [-0.05, 0) is 45.1 Å². The third-order valence-electron chi connectivity index (χ3n) is 6.43. The van der Waals surface area contributed by atoms with Crippen LogP contribution in [0, 0.1) is 12.7 Å². The first kappa shape index (κ1) is 26.5. The zero-order valence-electron chi connectivity index (χ0n) is 22.2. The molecule has 1 aliphatic heterocycles. The van der Waals surface area contributed by atoms with E-state index in [4.69, 9.17) is 4.52 Å². The van der Waals surface area contributed by atoms with E-state index in [0.29, 0.717) is 40.6 Å². The summed E-state index contributed by atoms with van der Waals surface area (Å²) in [4.78, 5) is 31.1. The lowest BCUT2D eigenvalue weighted by Gasteiger charge is -2.21. The van der Waals surface area contributed by atoms with E-state index in [-0.39, 0.29) is 11.5 Å². The Hall–Kier alpha value is -4.10. The number of carbonyl (C=O) groups excluding carboxylic acids is 1. The van der Waals surface area contributed by atoms with Crippen molar-refractivity contribution < 1.29 is 13.7 Å². The molecular formula is C26H30FN9O2S. The van der Waals surface area contributed by atoms with E-state index in [9.17, 15) is 9.18 Å². The first-order valence-electron chi connectivity index (χ1n) is 12.6. The fraction of sp³-hybridized carbons (Fsp3) is 0.346. The number of nitrogens with one attached hydrogen (secondary N) is 3. The zero-order valence-corrected chi connectivity index (χ0v) is 23.0. The fourth-order valence-corrected chi connectivity index (χ4v) is 5.12. The molecule has 39 heavy (non-hydrogen) atoms. The van der Waals surface area contributed by atoms with Gasteiger partial charge in [0.25, 0.3) is 0 Å². The third-order valence-corrected chi connectivity index (χ3v) is 7.40. The lowest BCUT2D eigenvalue weighted by Crippen LogP contribution is -2.31. The minimum atomic E-state index is -0.618. The summed E-state index contributed by atoms with van der Waals surface area (Å²) in [7, 11) is 4.20. The fourth-order valence-electron chi connectivity index (χ4n) is 4.30. The van der Waals surface area contributed by atoms with Crippen molar-refractivity contribution in [1.82, 2.24) is 25.0 Å². The molecule has 3 aromatic heterocycles. The average molecular weight is 552 g/mol. The number of thiazole rings is 1. The Bertz CT molecular complexity index is 1470. The van der Waals surface area contributed by atoms with Crippen molar-refractivity contribution in [3.8, 4) is 10.4 Å². The van der Waals surface area contributed by atoms with Crippen molar-refractivity contribution in [2.45, 2.75) is 32.7 Å². The largest absolute Gasteiger partial charge is 0.359 e. The summed E-state index contributed by atoms with van der Waals surface area (Å²) < 4.78 is 19.9. The summed E-state index contributed by atoms with van der Waals surface area (Å²) in [5, 5.41) is 12.7. The van der Waals surface area contributed by atoms with E-state index in [1.54, 1.807) is 18.3 Å². The van der Waals surface area contributed by atoms with Gasteiger partial charge in [0, 0.05) is 43.9 Å². The van der Waals surface area contributed by atoms with Gasteiger partial charge in [-0.1, -0.05) is 29.5 Å². The number of nitrogens with zero attached hydrogens (tertiary/aromatic N) is 6. The van der Waals surface area contributed by atoms with Crippen LogP contribution in [0.5, 0.6) is 0 Å². The van der Waals surface area contributed by atoms with Crippen molar-refractivity contribution in [3.63, 3.8) is 0 Å². The van der Waals surface area contributed by atoms with Gasteiger partial charge in [-0.2, -0.15) is 0 Å². The Balaban J connectivity index is 1.24. The number of anilines is 5. The van der Waals surface area contributed by atoms with Gasteiger partial charge in [0.1, 0.15) is 29.0 Å². The van der Waals surface area contributed by atoms with Gasteiger partial charge in [-0.3, -0.25) is 5.32 Å². The summed E-state index contributed by atoms with van der Waals surface area (Å²) in [6.07, 6.45) is 3.41. The molecule has 13 heteroatoms. The van der Waals surface area contributed by atoms with Crippen molar-refractivity contribution >= 4 is 45.6 Å². The van der Waals surface area contributed by atoms with Crippen LogP contribution < -0.4 is 20.9 Å². The number of halogens is 1. The van der Waals surface area contributed by atoms with Crippen molar-refractivity contribution in [2.75, 3.05) is 48.0 Å². The van der Waals surface area contributed by atoms with E-state index in [2.05, 4.69) is 60.0 Å². The number of hydrogen-bond acceptors (Lipinski definition) is 10. The monoisotopic (exact) mass is 551 g/mol. The van der Waals surface area contributed by atoms with Gasteiger partial charge in [0.15, 0.2) is 10.9 Å². The Labute approximate surface area is 229 Å². The molecule has 3 N–H and O–H groups in total. The number of aryl methyl sites for hydroxylation is 2. The van der Waals surface area contributed by atoms with E-state index in [0.717, 1.165) is 30.2 Å². The number of rotatable bonds is 8. The Morgan fingerprint density at radius 3 is 2.77 bits per heavy atom. The predicted molar refractivity (Wildman–Crippen MR) is 150 cm³/mol. The predicted octanol–water partition coefficient (Wildman–Crippen LogP) is 5.13. The standard InChI is InChI=1S/C26H30FN9O2S/c1-5-18-11-23(34-38-18)32-25(37)31-20-7-6-16(10-19(20)27)21-13-28-26(39-21)33-22-12-24(30-15(2)29-22)36-9-8-17(14-36)35(3)4/h6-7,10-13,17H,5,8-9,14H2,1-4H3,(H,28,29,30,33)(H2,31,32,34,37). The van der Waals surface area contributed by atoms with E-state index < -0.39 is 11.8 Å². The highest BCUT2D eigenvalue weighted by Crippen LogP contribution is 2.33. The minimum Gasteiger partial charge on any atom is -0.359 e. The molecule has 1 fully saturated rings. The Morgan fingerprint density at radius 1 is 1.21 bits per heavy atom. The molecule has 2 amide bonds. The summed E-state index contributed by atoms with van der Waals surface area (Å²) in [5.74, 6) is 2.53. The molecule has 4 heterocycles. The number of urea groups is 1. The molecule has 1 saturated heterocycles. The average Bonchev–Trinajstić information content (AvgIpc) is 3.66. The number of benzene rings is 1.